The van der Waals surface area contributed by atoms with Crippen molar-refractivity contribution in [1.82, 2.24) is 9.88 Å². The summed E-state index contributed by atoms with van der Waals surface area (Å²) in [6.07, 6.45) is -5.94. The monoisotopic (exact) mass is 471 g/mol. The van der Waals surface area contributed by atoms with Crippen LogP contribution >= 0.6 is 0 Å². The average Bonchev–Trinajstić information content (AvgIpc) is 3.09. The third kappa shape index (κ3) is 5.23. The molecule has 0 N–H and O–H groups in total. The maximum atomic E-state index is 14.7. The number of ether oxygens (including phenoxy) is 1. The number of halogens is 5. The van der Waals surface area contributed by atoms with Crippen LogP contribution in [0.1, 0.15) is 36.2 Å². The first-order valence-corrected chi connectivity index (χ1v) is 10.3. The number of hydrogen-bond acceptors (Lipinski definition) is 4. The van der Waals surface area contributed by atoms with Crippen LogP contribution in [0.5, 0.6) is 5.75 Å². The predicted molar refractivity (Wildman–Crippen MR) is 110 cm³/mol. The van der Waals surface area contributed by atoms with Crippen LogP contribution in [0.25, 0.3) is 0 Å². The van der Waals surface area contributed by atoms with Gasteiger partial charge in [-0.15, -0.1) is 0 Å². The Morgan fingerprint density at radius 2 is 2.00 bits per heavy atom. The number of urea groups is 1. The lowest BCUT2D eigenvalue weighted by molar-refractivity contribution is -0.138. The molecule has 0 unspecified atom stereocenters. The zero-order valence-electron chi connectivity index (χ0n) is 17.9. The number of pyridine rings is 1. The van der Waals surface area contributed by atoms with Gasteiger partial charge in [0.05, 0.1) is 31.3 Å². The van der Waals surface area contributed by atoms with Crippen molar-refractivity contribution in [3.8, 4) is 5.75 Å². The van der Waals surface area contributed by atoms with Crippen molar-refractivity contribution in [3.63, 3.8) is 0 Å². The topological polar surface area (TPSA) is 62.7 Å². The van der Waals surface area contributed by atoms with Gasteiger partial charge in [-0.2, -0.15) is 13.2 Å². The van der Waals surface area contributed by atoms with E-state index in [1.54, 1.807) is 26.0 Å². The fraction of sp³-hybridized carbons (Fsp3) is 0.409. The number of nitrogens with zero attached hydrogens (tertiary/aromatic N) is 3. The van der Waals surface area contributed by atoms with Crippen molar-refractivity contribution >= 4 is 17.6 Å². The summed E-state index contributed by atoms with van der Waals surface area (Å²) in [4.78, 5) is 31.0. The maximum absolute atomic E-state index is 14.7. The van der Waals surface area contributed by atoms with Crippen molar-refractivity contribution in [2.45, 2.75) is 38.7 Å². The third-order valence-electron chi connectivity index (χ3n) is 5.24. The molecule has 1 fully saturated rings. The normalized spacial score (nSPS) is 17.4. The number of carbonyl (C=O) groups is 2. The first-order valence-electron chi connectivity index (χ1n) is 10.3. The van der Waals surface area contributed by atoms with E-state index in [0.717, 1.165) is 9.80 Å². The Balaban J connectivity index is 1.88. The minimum Gasteiger partial charge on any atom is -0.494 e. The van der Waals surface area contributed by atoms with E-state index in [1.807, 2.05) is 0 Å². The lowest BCUT2D eigenvalue weighted by Gasteiger charge is -2.24. The first-order chi connectivity index (χ1) is 15.6. The van der Waals surface area contributed by atoms with Crippen molar-refractivity contribution in [2.75, 3.05) is 24.6 Å². The Labute approximate surface area is 187 Å². The van der Waals surface area contributed by atoms with Crippen LogP contribution in [0.4, 0.5) is 32.6 Å². The van der Waals surface area contributed by atoms with Gasteiger partial charge in [-0.05, 0) is 31.5 Å². The minimum atomic E-state index is -4.81. The van der Waals surface area contributed by atoms with Gasteiger partial charge in [-0.25, -0.2) is 18.6 Å². The summed E-state index contributed by atoms with van der Waals surface area (Å²) >= 11 is 0. The van der Waals surface area contributed by atoms with Gasteiger partial charge in [0.15, 0.2) is 17.4 Å². The number of carbonyl (C=O) groups excluding carboxylic acids is 2. The number of ketones is 1. The van der Waals surface area contributed by atoms with Crippen LogP contribution in [0.2, 0.25) is 0 Å². The van der Waals surface area contributed by atoms with Gasteiger partial charge in [0.2, 0.25) is 0 Å². The summed E-state index contributed by atoms with van der Waals surface area (Å²) < 4.78 is 72.9. The van der Waals surface area contributed by atoms with Gasteiger partial charge in [0, 0.05) is 11.8 Å². The molecule has 3 rings (SSSR count). The Kier molecular flexibility index (Phi) is 7.19. The maximum Gasteiger partial charge on any atom is 0.417 e. The highest BCUT2D eigenvalue weighted by atomic mass is 19.4. The number of anilines is 1. The van der Waals surface area contributed by atoms with Crippen LogP contribution in [0, 0.1) is 5.82 Å². The molecular weight excluding hydrogens is 449 g/mol. The standard InChI is InChI=1S/C22H22F5N3O3/c1-3-16(23)18-11-30(20-17(24)9-14(10-28-20)22(25,26)27)21(32)29(18)12-19(31)13-6-5-7-15(8-13)33-4-2/h5-10,16,18H,3-4,11-12H2,1-2H3/t16-,18+/m0/s1. The van der Waals surface area contributed by atoms with E-state index in [9.17, 15) is 31.5 Å². The van der Waals surface area contributed by atoms with Crippen LogP contribution in [0.15, 0.2) is 36.5 Å². The molecule has 2 amide bonds. The molecule has 33 heavy (non-hydrogen) atoms. The summed E-state index contributed by atoms with van der Waals surface area (Å²) in [7, 11) is 0. The molecule has 178 valence electrons. The first kappa shape index (κ1) is 24.4. The molecule has 1 aliphatic heterocycles. The molecule has 0 spiro atoms. The summed E-state index contributed by atoms with van der Waals surface area (Å²) in [6, 6.07) is 4.45. The Bertz CT molecular complexity index is 1030. The summed E-state index contributed by atoms with van der Waals surface area (Å²) in [5.41, 5.74) is -1.08. The Morgan fingerprint density at radius 3 is 2.61 bits per heavy atom. The SMILES string of the molecule is CCOc1cccc(C(=O)CN2C(=O)N(c3ncc(C(F)(F)F)cc3F)C[C@@H]2[C@@H](F)CC)c1. The van der Waals surface area contributed by atoms with E-state index in [4.69, 9.17) is 4.74 Å². The molecule has 0 bridgehead atoms. The second-order valence-electron chi connectivity index (χ2n) is 7.42. The van der Waals surface area contributed by atoms with E-state index < -0.39 is 53.9 Å². The zero-order chi connectivity index (χ0) is 24.3. The molecule has 6 nitrogen and oxygen atoms in total. The molecular formula is C22H22F5N3O3. The van der Waals surface area contributed by atoms with Gasteiger partial charge in [-0.1, -0.05) is 19.1 Å². The number of aromatic nitrogens is 1. The van der Waals surface area contributed by atoms with Gasteiger partial charge in [0.1, 0.15) is 11.9 Å². The molecule has 2 atom stereocenters. The quantitative estimate of drug-likeness (QED) is 0.407. The molecule has 1 saturated heterocycles. The van der Waals surface area contributed by atoms with Gasteiger partial charge >= 0.3 is 12.2 Å². The van der Waals surface area contributed by atoms with E-state index >= 15 is 0 Å². The highest BCUT2D eigenvalue weighted by molar-refractivity contribution is 6.02. The van der Waals surface area contributed by atoms with E-state index in [0.29, 0.717) is 18.6 Å². The van der Waals surface area contributed by atoms with Crippen LogP contribution in [0.3, 0.4) is 0 Å². The highest BCUT2D eigenvalue weighted by Gasteiger charge is 2.44. The largest absolute Gasteiger partial charge is 0.494 e. The van der Waals surface area contributed by atoms with Gasteiger partial charge in [0.25, 0.3) is 0 Å². The molecule has 1 aromatic heterocycles. The fourth-order valence-corrected chi connectivity index (χ4v) is 3.56. The molecule has 0 aliphatic carbocycles. The van der Waals surface area contributed by atoms with Crippen molar-refractivity contribution in [3.05, 3.63) is 53.5 Å². The smallest absolute Gasteiger partial charge is 0.417 e. The number of hydrogen-bond donors (Lipinski definition) is 0. The fourth-order valence-electron chi connectivity index (χ4n) is 3.56. The number of Topliss-reactive ketones (excluding diaryl/α,β-unsaturated/α-hetero) is 1. The summed E-state index contributed by atoms with van der Waals surface area (Å²) in [5, 5.41) is 0. The van der Waals surface area contributed by atoms with Crippen LogP contribution in [-0.2, 0) is 6.18 Å². The number of rotatable bonds is 8. The lowest BCUT2D eigenvalue weighted by Crippen LogP contribution is -2.43. The number of amides is 2. The average molecular weight is 471 g/mol. The molecule has 0 radical (unpaired) electrons. The Hall–Kier alpha value is -3.24. The second-order valence-corrected chi connectivity index (χ2v) is 7.42. The number of alkyl halides is 4. The van der Waals surface area contributed by atoms with Crippen LogP contribution < -0.4 is 9.64 Å². The Morgan fingerprint density at radius 1 is 1.27 bits per heavy atom. The van der Waals surface area contributed by atoms with E-state index in [2.05, 4.69) is 4.98 Å². The zero-order valence-corrected chi connectivity index (χ0v) is 17.9. The van der Waals surface area contributed by atoms with Crippen LogP contribution in [-0.4, -0.2) is 53.6 Å². The second kappa shape index (κ2) is 9.72. The highest BCUT2D eigenvalue weighted by Crippen LogP contribution is 2.33. The molecule has 2 aromatic rings. The molecule has 1 aliphatic rings. The minimum absolute atomic E-state index is 0.0131. The summed E-state index contributed by atoms with van der Waals surface area (Å²) in [5.74, 6) is -2.08. The molecule has 0 saturated carbocycles. The van der Waals surface area contributed by atoms with Gasteiger partial charge in [-0.3, -0.25) is 9.69 Å². The van der Waals surface area contributed by atoms with E-state index in [-0.39, 0.29) is 24.6 Å². The van der Waals surface area contributed by atoms with Crippen molar-refractivity contribution in [1.29, 1.82) is 0 Å². The van der Waals surface area contributed by atoms with Gasteiger partial charge < -0.3 is 9.64 Å². The third-order valence-corrected chi connectivity index (χ3v) is 5.24. The molecule has 1 aromatic carbocycles. The van der Waals surface area contributed by atoms with Crippen molar-refractivity contribution < 1.29 is 36.3 Å². The number of benzene rings is 1. The van der Waals surface area contributed by atoms with Crippen molar-refractivity contribution in [2.24, 2.45) is 0 Å². The lowest BCUT2D eigenvalue weighted by atomic mass is 10.1. The predicted octanol–water partition coefficient (Wildman–Crippen LogP) is 4.88. The molecule has 11 heteroatoms. The molecule has 2 heterocycles. The van der Waals surface area contributed by atoms with E-state index in [1.165, 1.54) is 12.1 Å². The summed E-state index contributed by atoms with van der Waals surface area (Å²) in [6.45, 7) is 2.83.